The molecule has 1 aromatic rings. The molecule has 0 aromatic carbocycles. The summed E-state index contributed by atoms with van der Waals surface area (Å²) in [6.07, 6.45) is 4.98. The molecule has 1 aromatic heterocycles. The largest absolute Gasteiger partial charge is 0.353 e. The molecule has 0 amide bonds. The maximum absolute atomic E-state index is 5.53. The first-order chi connectivity index (χ1) is 9.11. The molecule has 1 fully saturated rings. The third-order valence-corrected chi connectivity index (χ3v) is 3.89. The fourth-order valence-electron chi connectivity index (χ4n) is 2.60. The van der Waals surface area contributed by atoms with Crippen molar-refractivity contribution in [1.82, 2.24) is 20.5 Å². The molecule has 1 heterocycles. The minimum absolute atomic E-state index is 0.505. The van der Waals surface area contributed by atoms with E-state index in [2.05, 4.69) is 27.8 Å². The fraction of sp³-hybridized carbons (Fsp3) is 0.692. The fourth-order valence-corrected chi connectivity index (χ4v) is 2.60. The number of aromatic nitrogens is 2. The number of aryl methyl sites for hydroxylation is 2. The molecule has 1 aliphatic rings. The molecule has 6 nitrogen and oxygen atoms in total. The highest BCUT2D eigenvalue weighted by atomic mass is 15.3. The van der Waals surface area contributed by atoms with Crippen LogP contribution in [0.4, 0.5) is 0 Å². The average molecular weight is 264 g/mol. The first kappa shape index (κ1) is 13.9. The van der Waals surface area contributed by atoms with Crippen molar-refractivity contribution in [3.63, 3.8) is 0 Å². The Morgan fingerprint density at radius 2 is 2.11 bits per heavy atom. The van der Waals surface area contributed by atoms with Gasteiger partial charge in [-0.2, -0.15) is 5.10 Å². The van der Waals surface area contributed by atoms with Crippen LogP contribution in [0.25, 0.3) is 0 Å². The molecule has 0 aliphatic heterocycles. The Kier molecular flexibility index (Phi) is 4.42. The molecule has 6 heteroatoms. The molecule has 106 valence electrons. The molecular weight excluding hydrogens is 240 g/mol. The van der Waals surface area contributed by atoms with Crippen LogP contribution in [-0.4, -0.2) is 21.8 Å². The van der Waals surface area contributed by atoms with E-state index < -0.39 is 0 Å². The second-order valence-corrected chi connectivity index (χ2v) is 5.21. The Morgan fingerprint density at radius 1 is 1.42 bits per heavy atom. The Balaban J connectivity index is 2.02. The lowest BCUT2D eigenvalue weighted by Gasteiger charge is -2.15. The summed E-state index contributed by atoms with van der Waals surface area (Å²) >= 11 is 0. The minimum atomic E-state index is 0.505. The van der Waals surface area contributed by atoms with Gasteiger partial charge in [-0.25, -0.2) is 10.8 Å². The maximum atomic E-state index is 5.53. The van der Waals surface area contributed by atoms with Gasteiger partial charge in [-0.05, 0) is 26.7 Å². The van der Waals surface area contributed by atoms with E-state index in [4.69, 9.17) is 5.84 Å². The Bertz CT molecular complexity index is 456. The first-order valence-corrected chi connectivity index (χ1v) is 6.88. The molecule has 1 aliphatic carbocycles. The smallest absolute Gasteiger partial charge is 0.206 e. The predicted octanol–water partition coefficient (Wildman–Crippen LogP) is 0.888. The van der Waals surface area contributed by atoms with Gasteiger partial charge < -0.3 is 5.32 Å². The maximum Gasteiger partial charge on any atom is 0.206 e. The standard InChI is InChI=1S/C13H24N6/c1-9-12(10(2)19(3)18-9)8-15-13(17-14)16-11-6-4-5-7-11/h11H,4-8,14H2,1-3H3,(H2,15,16,17). The number of nitrogens with two attached hydrogens (primary N) is 1. The van der Waals surface area contributed by atoms with E-state index in [-0.39, 0.29) is 0 Å². The molecule has 1 saturated carbocycles. The van der Waals surface area contributed by atoms with Crippen LogP contribution in [0.15, 0.2) is 4.99 Å². The molecule has 0 atom stereocenters. The summed E-state index contributed by atoms with van der Waals surface area (Å²) in [4.78, 5) is 4.53. The van der Waals surface area contributed by atoms with Crippen molar-refractivity contribution < 1.29 is 0 Å². The molecule has 0 spiro atoms. The van der Waals surface area contributed by atoms with Crippen LogP contribution in [0, 0.1) is 13.8 Å². The minimum Gasteiger partial charge on any atom is -0.353 e. The van der Waals surface area contributed by atoms with Crippen molar-refractivity contribution in [3.05, 3.63) is 17.0 Å². The summed E-state index contributed by atoms with van der Waals surface area (Å²) in [6.45, 7) is 4.67. The molecule has 2 rings (SSSR count). The van der Waals surface area contributed by atoms with Crippen molar-refractivity contribution >= 4 is 5.96 Å². The van der Waals surface area contributed by atoms with Crippen LogP contribution in [0.3, 0.4) is 0 Å². The average Bonchev–Trinajstić information content (AvgIpc) is 2.97. The van der Waals surface area contributed by atoms with E-state index in [1.807, 2.05) is 18.7 Å². The van der Waals surface area contributed by atoms with E-state index in [1.165, 1.54) is 31.2 Å². The van der Waals surface area contributed by atoms with E-state index in [1.54, 1.807) is 0 Å². The van der Waals surface area contributed by atoms with Gasteiger partial charge in [0.25, 0.3) is 0 Å². The summed E-state index contributed by atoms with van der Waals surface area (Å²) < 4.78 is 1.89. The van der Waals surface area contributed by atoms with E-state index >= 15 is 0 Å². The lowest BCUT2D eigenvalue weighted by Crippen LogP contribution is -2.45. The van der Waals surface area contributed by atoms with Crippen LogP contribution in [0.5, 0.6) is 0 Å². The van der Waals surface area contributed by atoms with Gasteiger partial charge in [0.1, 0.15) is 0 Å². The van der Waals surface area contributed by atoms with Crippen LogP contribution < -0.4 is 16.6 Å². The lowest BCUT2D eigenvalue weighted by atomic mass is 10.2. The van der Waals surface area contributed by atoms with Gasteiger partial charge in [0.05, 0.1) is 12.2 Å². The van der Waals surface area contributed by atoms with Crippen molar-refractivity contribution in [3.8, 4) is 0 Å². The molecule has 0 radical (unpaired) electrons. The van der Waals surface area contributed by atoms with Crippen LogP contribution in [0.2, 0.25) is 0 Å². The summed E-state index contributed by atoms with van der Waals surface area (Å²) in [5.41, 5.74) is 6.01. The first-order valence-electron chi connectivity index (χ1n) is 6.88. The second kappa shape index (κ2) is 6.06. The predicted molar refractivity (Wildman–Crippen MR) is 76.5 cm³/mol. The molecule has 0 saturated heterocycles. The number of rotatable bonds is 3. The van der Waals surface area contributed by atoms with Crippen molar-refractivity contribution in [2.75, 3.05) is 0 Å². The normalized spacial score (nSPS) is 16.9. The third-order valence-electron chi connectivity index (χ3n) is 3.89. The Labute approximate surface area is 114 Å². The zero-order valence-corrected chi connectivity index (χ0v) is 12.0. The van der Waals surface area contributed by atoms with Crippen molar-refractivity contribution in [2.24, 2.45) is 17.9 Å². The molecule has 0 unspecified atom stereocenters. The summed E-state index contributed by atoms with van der Waals surface area (Å²) in [5.74, 6) is 6.21. The quantitative estimate of drug-likeness (QED) is 0.328. The van der Waals surface area contributed by atoms with E-state index in [0.717, 1.165) is 11.4 Å². The van der Waals surface area contributed by atoms with Gasteiger partial charge >= 0.3 is 0 Å². The highest BCUT2D eigenvalue weighted by molar-refractivity contribution is 5.79. The second-order valence-electron chi connectivity index (χ2n) is 5.21. The van der Waals surface area contributed by atoms with E-state index in [0.29, 0.717) is 18.5 Å². The van der Waals surface area contributed by atoms with Crippen molar-refractivity contribution in [1.29, 1.82) is 0 Å². The molecule has 4 N–H and O–H groups in total. The number of hydrogen-bond acceptors (Lipinski definition) is 3. The van der Waals surface area contributed by atoms with Crippen LogP contribution in [-0.2, 0) is 13.6 Å². The number of nitrogens with one attached hydrogen (secondary N) is 2. The summed E-state index contributed by atoms with van der Waals surface area (Å²) in [7, 11) is 1.95. The van der Waals surface area contributed by atoms with Gasteiger partial charge in [-0.3, -0.25) is 10.1 Å². The number of aliphatic imine (C=N–C) groups is 1. The van der Waals surface area contributed by atoms with Gasteiger partial charge in [0, 0.05) is 24.3 Å². The van der Waals surface area contributed by atoms with Gasteiger partial charge in [0.15, 0.2) is 0 Å². The van der Waals surface area contributed by atoms with Gasteiger partial charge in [0.2, 0.25) is 5.96 Å². The van der Waals surface area contributed by atoms with Crippen LogP contribution in [0.1, 0.15) is 42.6 Å². The Morgan fingerprint density at radius 3 is 2.63 bits per heavy atom. The topological polar surface area (TPSA) is 80.3 Å². The SMILES string of the molecule is Cc1nn(C)c(C)c1CN=C(NN)NC1CCCC1. The number of hydrazine groups is 1. The van der Waals surface area contributed by atoms with Crippen LogP contribution >= 0.6 is 0 Å². The number of nitrogens with zero attached hydrogens (tertiary/aromatic N) is 3. The Hall–Kier alpha value is -1.56. The number of hydrogen-bond donors (Lipinski definition) is 3. The van der Waals surface area contributed by atoms with Crippen molar-refractivity contribution in [2.45, 2.75) is 52.1 Å². The zero-order valence-electron chi connectivity index (χ0n) is 12.0. The molecule has 0 bridgehead atoms. The molecular formula is C13H24N6. The van der Waals surface area contributed by atoms with Gasteiger partial charge in [-0.15, -0.1) is 0 Å². The highest BCUT2D eigenvalue weighted by Crippen LogP contribution is 2.17. The monoisotopic (exact) mass is 264 g/mol. The summed E-state index contributed by atoms with van der Waals surface area (Å²) in [5, 5.41) is 7.76. The summed E-state index contributed by atoms with van der Waals surface area (Å²) in [6, 6.07) is 0.505. The highest BCUT2D eigenvalue weighted by Gasteiger charge is 2.16. The molecule has 19 heavy (non-hydrogen) atoms. The third kappa shape index (κ3) is 3.26. The number of guanidine groups is 1. The zero-order chi connectivity index (χ0) is 13.8. The lowest BCUT2D eigenvalue weighted by molar-refractivity contribution is 0.614. The van der Waals surface area contributed by atoms with E-state index in [9.17, 15) is 0 Å². The van der Waals surface area contributed by atoms with Gasteiger partial charge in [-0.1, -0.05) is 12.8 Å².